The predicted molar refractivity (Wildman–Crippen MR) is 117 cm³/mol. The second-order valence-corrected chi connectivity index (χ2v) is 8.31. The molecule has 0 aliphatic carbocycles. The third-order valence-corrected chi connectivity index (χ3v) is 6.24. The first-order chi connectivity index (χ1) is 15.6. The van der Waals surface area contributed by atoms with Crippen molar-refractivity contribution < 1.29 is 19.0 Å². The zero-order valence-corrected chi connectivity index (χ0v) is 17.7. The molecule has 2 bridgehead atoms. The molecule has 166 valence electrons. The highest BCUT2D eigenvalue weighted by atomic mass is 19.1. The Morgan fingerprint density at radius 3 is 2.69 bits per heavy atom. The molecular formula is C24H25FN4O3. The van der Waals surface area contributed by atoms with E-state index >= 15 is 0 Å². The van der Waals surface area contributed by atoms with Gasteiger partial charge in [-0.25, -0.2) is 9.37 Å². The van der Waals surface area contributed by atoms with Crippen molar-refractivity contribution in [3.05, 3.63) is 48.7 Å². The van der Waals surface area contributed by atoms with Gasteiger partial charge in [0.15, 0.2) is 6.17 Å². The Morgan fingerprint density at radius 1 is 1.03 bits per heavy atom. The molecule has 2 saturated heterocycles. The molecule has 0 amide bonds. The van der Waals surface area contributed by atoms with Crippen molar-refractivity contribution in [3.63, 3.8) is 0 Å². The summed E-state index contributed by atoms with van der Waals surface area (Å²) in [6.07, 6.45) is 3.65. The van der Waals surface area contributed by atoms with Gasteiger partial charge >= 0.3 is 0 Å². The van der Waals surface area contributed by atoms with Crippen molar-refractivity contribution in [2.75, 3.05) is 7.11 Å². The fourth-order valence-electron chi connectivity index (χ4n) is 4.58. The molecule has 1 aromatic carbocycles. The van der Waals surface area contributed by atoms with E-state index in [0.29, 0.717) is 35.5 Å². The summed E-state index contributed by atoms with van der Waals surface area (Å²) in [6, 6.07) is 12.5. The third kappa shape index (κ3) is 4.10. The van der Waals surface area contributed by atoms with Crippen LogP contribution in [0.5, 0.6) is 17.5 Å². The van der Waals surface area contributed by atoms with Crippen LogP contribution in [0.1, 0.15) is 25.7 Å². The fraction of sp³-hybridized carbons (Fsp3) is 0.375. The summed E-state index contributed by atoms with van der Waals surface area (Å²) in [5.74, 6) is 0.873. The van der Waals surface area contributed by atoms with Crippen LogP contribution in [-0.2, 0) is 0 Å². The molecule has 4 atom stereocenters. The van der Waals surface area contributed by atoms with Crippen molar-refractivity contribution >= 4 is 0 Å². The van der Waals surface area contributed by atoms with E-state index in [0.717, 1.165) is 30.4 Å². The molecule has 0 radical (unpaired) electrons. The van der Waals surface area contributed by atoms with Gasteiger partial charge in [-0.3, -0.25) is 0 Å². The van der Waals surface area contributed by atoms with Gasteiger partial charge < -0.3 is 19.9 Å². The van der Waals surface area contributed by atoms with E-state index in [2.05, 4.69) is 20.5 Å². The van der Waals surface area contributed by atoms with E-state index in [9.17, 15) is 9.50 Å². The van der Waals surface area contributed by atoms with Crippen LogP contribution in [-0.4, -0.2) is 51.8 Å². The van der Waals surface area contributed by atoms with E-state index in [1.807, 2.05) is 12.1 Å². The minimum Gasteiger partial charge on any atom is -0.507 e. The summed E-state index contributed by atoms with van der Waals surface area (Å²) in [7, 11) is 1.56. The largest absolute Gasteiger partial charge is 0.507 e. The SMILES string of the molecule is COc1cc(-c2ccc(-c3ccc(O[C@H]4C[C@@H]5CCC[C@@H](N5)[C@H]4F)nn3)c(O)c2)ccn1. The number of aromatic hydroxyl groups is 1. The third-order valence-electron chi connectivity index (χ3n) is 6.24. The molecule has 2 aliphatic rings. The number of phenols is 1. The normalized spacial score (nSPS) is 24.7. The lowest BCUT2D eigenvalue weighted by molar-refractivity contribution is 0.00652. The van der Waals surface area contributed by atoms with E-state index in [1.165, 1.54) is 0 Å². The van der Waals surface area contributed by atoms with Crippen molar-refractivity contribution in [2.45, 2.75) is 50.0 Å². The molecule has 0 unspecified atom stereocenters. The van der Waals surface area contributed by atoms with Gasteiger partial charge in [-0.1, -0.05) is 12.5 Å². The number of benzene rings is 1. The monoisotopic (exact) mass is 436 g/mol. The summed E-state index contributed by atoms with van der Waals surface area (Å²) in [5, 5.41) is 22.3. The van der Waals surface area contributed by atoms with E-state index in [-0.39, 0.29) is 11.8 Å². The van der Waals surface area contributed by atoms with Crippen LogP contribution >= 0.6 is 0 Å². The number of pyridine rings is 1. The molecule has 5 rings (SSSR count). The molecule has 0 spiro atoms. The number of fused-ring (bicyclic) bond motifs is 2. The summed E-state index contributed by atoms with van der Waals surface area (Å²) in [6.45, 7) is 0. The lowest BCUT2D eigenvalue weighted by atomic mass is 9.84. The maximum absolute atomic E-state index is 14.7. The number of alkyl halides is 1. The molecule has 3 aromatic rings. The second kappa shape index (κ2) is 8.70. The van der Waals surface area contributed by atoms with Crippen LogP contribution in [0.3, 0.4) is 0 Å². The highest BCUT2D eigenvalue weighted by Gasteiger charge is 2.41. The van der Waals surface area contributed by atoms with E-state index < -0.39 is 12.3 Å². The Balaban J connectivity index is 1.31. The van der Waals surface area contributed by atoms with Gasteiger partial charge in [0.05, 0.1) is 12.8 Å². The number of hydrogen-bond acceptors (Lipinski definition) is 7. The number of nitrogens with one attached hydrogen (secondary N) is 1. The Hall–Kier alpha value is -3.26. The molecular weight excluding hydrogens is 411 g/mol. The second-order valence-electron chi connectivity index (χ2n) is 8.31. The van der Waals surface area contributed by atoms with Crippen LogP contribution in [0.4, 0.5) is 4.39 Å². The summed E-state index contributed by atoms with van der Waals surface area (Å²) in [4.78, 5) is 4.10. The number of ether oxygens (including phenoxy) is 2. The van der Waals surface area contributed by atoms with Crippen LogP contribution in [0.15, 0.2) is 48.7 Å². The molecule has 32 heavy (non-hydrogen) atoms. The van der Waals surface area contributed by atoms with Crippen molar-refractivity contribution in [1.82, 2.24) is 20.5 Å². The number of hydrogen-bond donors (Lipinski definition) is 2. The molecule has 2 aromatic heterocycles. The van der Waals surface area contributed by atoms with Crippen LogP contribution < -0.4 is 14.8 Å². The minimum atomic E-state index is -1.06. The minimum absolute atomic E-state index is 0.0799. The van der Waals surface area contributed by atoms with Gasteiger partial charge in [-0.2, -0.15) is 0 Å². The van der Waals surface area contributed by atoms with Gasteiger partial charge in [0.1, 0.15) is 11.9 Å². The summed E-state index contributed by atoms with van der Waals surface area (Å²) in [5.41, 5.74) is 2.76. The number of piperidine rings is 2. The van der Waals surface area contributed by atoms with Crippen molar-refractivity contribution in [3.8, 4) is 39.9 Å². The number of halogens is 1. The number of rotatable bonds is 5. The van der Waals surface area contributed by atoms with Crippen LogP contribution in [0.2, 0.25) is 0 Å². The van der Waals surface area contributed by atoms with Crippen LogP contribution in [0.25, 0.3) is 22.4 Å². The van der Waals surface area contributed by atoms with E-state index in [4.69, 9.17) is 9.47 Å². The molecule has 8 heteroatoms. The highest BCUT2D eigenvalue weighted by molar-refractivity contribution is 5.74. The van der Waals surface area contributed by atoms with Gasteiger partial charge in [0, 0.05) is 42.4 Å². The van der Waals surface area contributed by atoms with Crippen molar-refractivity contribution in [2.24, 2.45) is 0 Å². The summed E-state index contributed by atoms with van der Waals surface area (Å²) >= 11 is 0. The topological polar surface area (TPSA) is 89.4 Å². The molecule has 7 nitrogen and oxygen atoms in total. The lowest BCUT2D eigenvalue weighted by Gasteiger charge is -2.42. The van der Waals surface area contributed by atoms with Crippen molar-refractivity contribution in [1.29, 1.82) is 0 Å². The highest BCUT2D eigenvalue weighted by Crippen LogP contribution is 2.34. The first-order valence-electron chi connectivity index (χ1n) is 10.8. The van der Waals surface area contributed by atoms with Crippen LogP contribution in [0, 0.1) is 0 Å². The maximum Gasteiger partial charge on any atom is 0.233 e. The standard InChI is InChI=1S/C24H25FN4O3/c1-31-23-12-15(9-10-26-23)14-5-6-17(20(30)11-14)18-7-8-22(29-28-18)32-21-13-16-3-2-4-19(27-16)24(21)25/h5-12,16,19,21,24,27,30H,2-4,13H2,1H3/t16-,19+,21-,24+/m0/s1. The Labute approximate surface area is 185 Å². The Morgan fingerprint density at radius 2 is 1.91 bits per heavy atom. The average Bonchev–Trinajstić information content (AvgIpc) is 2.83. The van der Waals surface area contributed by atoms with E-state index in [1.54, 1.807) is 43.6 Å². The molecule has 0 saturated carbocycles. The number of aromatic nitrogens is 3. The first kappa shape index (κ1) is 20.6. The molecule has 2 aliphatic heterocycles. The zero-order valence-electron chi connectivity index (χ0n) is 17.7. The lowest BCUT2D eigenvalue weighted by Crippen LogP contribution is -2.59. The number of phenolic OH excluding ortho intramolecular Hbond substituents is 1. The number of methoxy groups -OCH3 is 1. The van der Waals surface area contributed by atoms with Gasteiger partial charge in [-0.15, -0.1) is 10.2 Å². The smallest absolute Gasteiger partial charge is 0.233 e. The summed E-state index contributed by atoms with van der Waals surface area (Å²) < 4.78 is 25.8. The molecule has 4 heterocycles. The Bertz CT molecular complexity index is 1090. The molecule has 2 N–H and O–H groups in total. The predicted octanol–water partition coefficient (Wildman–Crippen LogP) is 3.92. The maximum atomic E-state index is 14.7. The molecule has 2 fully saturated rings. The van der Waals surface area contributed by atoms with Gasteiger partial charge in [0.2, 0.25) is 11.8 Å². The van der Waals surface area contributed by atoms with Gasteiger partial charge in [-0.05, 0) is 48.2 Å². The quantitative estimate of drug-likeness (QED) is 0.627. The van der Waals surface area contributed by atoms with Gasteiger partial charge in [0.25, 0.3) is 0 Å². The Kier molecular flexibility index (Phi) is 5.61. The first-order valence-corrected chi connectivity index (χ1v) is 10.8. The zero-order chi connectivity index (χ0) is 22.1. The average molecular weight is 436 g/mol. The fourth-order valence-corrected chi connectivity index (χ4v) is 4.58. The number of nitrogens with zero attached hydrogens (tertiary/aromatic N) is 3.